The molecule has 0 radical (unpaired) electrons. The zero-order valence-electron chi connectivity index (χ0n) is 13.5. The minimum atomic E-state index is -0.988. The highest BCUT2D eigenvalue weighted by Crippen LogP contribution is 2.15. The first-order valence-corrected chi connectivity index (χ1v) is 7.69. The van der Waals surface area contributed by atoms with Crippen LogP contribution in [0.4, 0.5) is 0 Å². The van der Waals surface area contributed by atoms with Crippen LogP contribution < -0.4 is 5.43 Å². The maximum atomic E-state index is 12.0. The van der Waals surface area contributed by atoms with Crippen LogP contribution in [-0.2, 0) is 0 Å². The fraction of sp³-hybridized carbons (Fsp3) is 0. The molecule has 0 saturated heterocycles. The number of hydrogen-bond acceptors (Lipinski definition) is 4. The second-order valence-corrected chi connectivity index (χ2v) is 5.37. The number of aromatic carboxylic acids is 1. The molecule has 1 aromatic heterocycles. The van der Waals surface area contributed by atoms with E-state index in [1.807, 2.05) is 0 Å². The monoisotopic (exact) mass is 349 g/mol. The minimum Gasteiger partial charge on any atom is -0.507 e. The summed E-state index contributed by atoms with van der Waals surface area (Å²) in [6, 6.07) is 16.2. The number of para-hydroxylation sites is 1. The van der Waals surface area contributed by atoms with Crippen molar-refractivity contribution < 1.29 is 19.8 Å². The number of phenols is 1. The van der Waals surface area contributed by atoms with E-state index in [1.165, 1.54) is 30.5 Å². The fourth-order valence-electron chi connectivity index (χ4n) is 2.38. The number of nitrogens with one attached hydrogen (secondary N) is 1. The van der Waals surface area contributed by atoms with E-state index in [4.69, 9.17) is 5.11 Å². The Morgan fingerprint density at radius 3 is 2.42 bits per heavy atom. The molecule has 3 N–H and O–H groups in total. The predicted molar refractivity (Wildman–Crippen MR) is 95.9 cm³/mol. The highest BCUT2D eigenvalue weighted by molar-refractivity contribution is 5.97. The number of amides is 1. The van der Waals surface area contributed by atoms with Crippen LogP contribution in [0.5, 0.6) is 5.75 Å². The van der Waals surface area contributed by atoms with Crippen molar-refractivity contribution in [1.82, 2.24) is 9.99 Å². The van der Waals surface area contributed by atoms with E-state index < -0.39 is 11.9 Å². The van der Waals surface area contributed by atoms with Gasteiger partial charge in [0.1, 0.15) is 5.75 Å². The number of aromatic hydroxyl groups is 1. The number of benzene rings is 2. The Labute approximate surface area is 148 Å². The summed E-state index contributed by atoms with van der Waals surface area (Å²) in [5.74, 6) is -1.64. The molecule has 0 aliphatic rings. The van der Waals surface area contributed by atoms with Gasteiger partial charge in [-0.3, -0.25) is 4.79 Å². The lowest BCUT2D eigenvalue weighted by molar-refractivity contribution is 0.0696. The molecule has 0 aliphatic carbocycles. The number of aromatic nitrogens is 1. The van der Waals surface area contributed by atoms with Gasteiger partial charge in [-0.05, 0) is 48.5 Å². The van der Waals surface area contributed by atoms with Crippen LogP contribution in [0.3, 0.4) is 0 Å². The molecule has 7 nitrogen and oxygen atoms in total. The predicted octanol–water partition coefficient (Wildman–Crippen LogP) is 2.65. The molecule has 0 aliphatic heterocycles. The maximum absolute atomic E-state index is 12.0. The standard InChI is InChI=1S/C19H15N3O4/c23-17-6-2-1-5-16(17)18(24)21-20-12-15-4-3-11-22(15)14-9-7-13(8-10-14)19(25)26/h1-12,23H,(H,21,24)(H,25,26)/b20-12-. The van der Waals surface area contributed by atoms with Crippen molar-refractivity contribution in [2.24, 2.45) is 5.10 Å². The third kappa shape index (κ3) is 3.62. The topological polar surface area (TPSA) is 104 Å². The number of rotatable bonds is 5. The smallest absolute Gasteiger partial charge is 0.335 e. The Kier molecular flexibility index (Phi) is 4.80. The number of hydrazone groups is 1. The average molecular weight is 349 g/mol. The van der Waals surface area contributed by atoms with Crippen molar-refractivity contribution in [1.29, 1.82) is 0 Å². The summed E-state index contributed by atoms with van der Waals surface area (Å²) in [6.07, 6.45) is 3.25. The number of phenolic OH excluding ortho intramolecular Hbond substituents is 1. The largest absolute Gasteiger partial charge is 0.507 e. The molecule has 0 saturated carbocycles. The van der Waals surface area contributed by atoms with Crippen LogP contribution in [0.25, 0.3) is 5.69 Å². The van der Waals surface area contributed by atoms with E-state index in [9.17, 15) is 14.7 Å². The Bertz CT molecular complexity index is 974. The Morgan fingerprint density at radius 1 is 1.00 bits per heavy atom. The van der Waals surface area contributed by atoms with Crippen LogP contribution >= 0.6 is 0 Å². The minimum absolute atomic E-state index is 0.123. The van der Waals surface area contributed by atoms with E-state index >= 15 is 0 Å². The first-order chi connectivity index (χ1) is 12.6. The lowest BCUT2D eigenvalue weighted by atomic mass is 10.2. The molecule has 3 aromatic rings. The number of carboxylic acid groups (broad SMARTS) is 1. The van der Waals surface area contributed by atoms with Crippen LogP contribution in [0, 0.1) is 0 Å². The number of carbonyl (C=O) groups is 2. The van der Waals surface area contributed by atoms with E-state index in [-0.39, 0.29) is 16.9 Å². The van der Waals surface area contributed by atoms with Crippen LogP contribution in [0.15, 0.2) is 72.0 Å². The van der Waals surface area contributed by atoms with Gasteiger partial charge in [0.25, 0.3) is 5.91 Å². The van der Waals surface area contributed by atoms with Gasteiger partial charge >= 0.3 is 5.97 Å². The van der Waals surface area contributed by atoms with Crippen LogP contribution in [0.1, 0.15) is 26.4 Å². The number of carbonyl (C=O) groups excluding carboxylic acids is 1. The molecule has 0 bridgehead atoms. The zero-order valence-corrected chi connectivity index (χ0v) is 13.5. The molecule has 1 amide bonds. The van der Waals surface area contributed by atoms with Crippen molar-refractivity contribution in [2.45, 2.75) is 0 Å². The summed E-state index contributed by atoms with van der Waals surface area (Å²) >= 11 is 0. The van der Waals surface area contributed by atoms with Gasteiger partial charge in [-0.15, -0.1) is 0 Å². The van der Waals surface area contributed by atoms with Crippen molar-refractivity contribution in [3.8, 4) is 11.4 Å². The highest BCUT2D eigenvalue weighted by atomic mass is 16.4. The molecule has 130 valence electrons. The van der Waals surface area contributed by atoms with E-state index in [2.05, 4.69) is 10.5 Å². The van der Waals surface area contributed by atoms with Crippen molar-refractivity contribution in [3.63, 3.8) is 0 Å². The molecule has 26 heavy (non-hydrogen) atoms. The van der Waals surface area contributed by atoms with Gasteiger partial charge in [0.2, 0.25) is 0 Å². The molecule has 0 atom stereocenters. The molecule has 0 spiro atoms. The van der Waals surface area contributed by atoms with Gasteiger partial charge in [-0.2, -0.15) is 5.10 Å². The molecule has 7 heteroatoms. The van der Waals surface area contributed by atoms with Crippen LogP contribution in [-0.4, -0.2) is 32.9 Å². The van der Waals surface area contributed by atoms with E-state index in [1.54, 1.807) is 47.2 Å². The zero-order chi connectivity index (χ0) is 18.5. The van der Waals surface area contributed by atoms with Gasteiger partial charge in [-0.25, -0.2) is 10.2 Å². The second-order valence-electron chi connectivity index (χ2n) is 5.37. The quantitative estimate of drug-likeness (QED) is 0.486. The van der Waals surface area contributed by atoms with Gasteiger partial charge in [0.15, 0.2) is 0 Å². The first-order valence-electron chi connectivity index (χ1n) is 7.69. The lowest BCUT2D eigenvalue weighted by Crippen LogP contribution is -2.17. The van der Waals surface area contributed by atoms with Crippen molar-refractivity contribution in [3.05, 3.63) is 83.7 Å². The summed E-state index contributed by atoms with van der Waals surface area (Å²) in [6.45, 7) is 0. The molecule has 0 fully saturated rings. The number of nitrogens with zero attached hydrogens (tertiary/aromatic N) is 2. The van der Waals surface area contributed by atoms with Crippen molar-refractivity contribution >= 4 is 18.1 Å². The van der Waals surface area contributed by atoms with E-state index in [0.29, 0.717) is 5.69 Å². The summed E-state index contributed by atoms with van der Waals surface area (Å²) < 4.78 is 1.79. The number of hydrogen-bond donors (Lipinski definition) is 3. The fourth-order valence-corrected chi connectivity index (χ4v) is 2.38. The average Bonchev–Trinajstić information content (AvgIpc) is 3.10. The lowest BCUT2D eigenvalue weighted by Gasteiger charge is -2.07. The maximum Gasteiger partial charge on any atom is 0.335 e. The summed E-state index contributed by atoms with van der Waals surface area (Å²) in [4.78, 5) is 22.9. The Morgan fingerprint density at radius 2 is 1.73 bits per heavy atom. The molecular formula is C19H15N3O4. The normalized spacial score (nSPS) is 10.8. The summed E-state index contributed by atoms with van der Waals surface area (Å²) in [7, 11) is 0. The van der Waals surface area contributed by atoms with Gasteiger partial charge in [-0.1, -0.05) is 12.1 Å². The molecule has 2 aromatic carbocycles. The second kappa shape index (κ2) is 7.35. The number of carboxylic acids is 1. The molecule has 1 heterocycles. The molecule has 0 unspecified atom stereocenters. The highest BCUT2D eigenvalue weighted by Gasteiger charge is 2.09. The third-order valence-corrected chi connectivity index (χ3v) is 3.68. The Balaban J connectivity index is 1.74. The van der Waals surface area contributed by atoms with Gasteiger partial charge in [0, 0.05) is 11.9 Å². The summed E-state index contributed by atoms with van der Waals surface area (Å²) in [5.41, 5.74) is 4.13. The van der Waals surface area contributed by atoms with Crippen molar-refractivity contribution in [2.75, 3.05) is 0 Å². The molecular weight excluding hydrogens is 334 g/mol. The van der Waals surface area contributed by atoms with Gasteiger partial charge < -0.3 is 14.8 Å². The Hall–Kier alpha value is -3.87. The first kappa shape index (κ1) is 17.0. The van der Waals surface area contributed by atoms with E-state index in [0.717, 1.165) is 5.69 Å². The molecule has 3 rings (SSSR count). The summed E-state index contributed by atoms with van der Waals surface area (Å²) in [5, 5.41) is 22.5. The SMILES string of the molecule is O=C(O)c1ccc(-n2cccc2/C=N\NC(=O)c2ccccc2O)cc1. The van der Waals surface area contributed by atoms with Gasteiger partial charge in [0.05, 0.1) is 23.0 Å². The van der Waals surface area contributed by atoms with Crippen LogP contribution in [0.2, 0.25) is 0 Å². The third-order valence-electron chi connectivity index (χ3n) is 3.68.